The highest BCUT2D eigenvalue weighted by Crippen LogP contribution is 2.61. The maximum atomic E-state index is 13.2. The molecule has 5 N–H and O–H groups in total. The Morgan fingerprint density at radius 1 is 0.830 bits per heavy atom. The van der Waals surface area contributed by atoms with E-state index in [0.717, 1.165) is 19.9 Å². The smallest absolute Gasteiger partial charge is 0.331 e. The molecule has 18 nitrogen and oxygen atoms in total. The molecule has 16 atom stereocenters. The summed E-state index contributed by atoms with van der Waals surface area (Å²) in [6, 6.07) is 6.86. The van der Waals surface area contributed by atoms with Gasteiger partial charge in [-0.3, -0.25) is 9.59 Å². The molecule has 0 spiro atoms. The molecule has 0 unspecified atom stereocenters. The third-order valence-electron chi connectivity index (χ3n) is 10.0. The topological polar surface area (TPSA) is 248 Å². The van der Waals surface area contributed by atoms with Crippen LogP contribution in [0.1, 0.15) is 26.3 Å². The van der Waals surface area contributed by atoms with Gasteiger partial charge in [0, 0.05) is 25.8 Å². The first kappa shape index (κ1) is 39.0. The van der Waals surface area contributed by atoms with Crippen molar-refractivity contribution < 1.29 is 87.3 Å². The van der Waals surface area contributed by atoms with E-state index in [0.29, 0.717) is 11.3 Å². The fraction of sp³-hybridized carbons (Fsp3) is 0.629. The van der Waals surface area contributed by atoms with Crippen LogP contribution in [-0.4, -0.2) is 149 Å². The van der Waals surface area contributed by atoms with E-state index in [1.54, 1.807) is 37.3 Å². The summed E-state index contributed by atoms with van der Waals surface area (Å²) in [5.74, 6) is -3.15. The highest BCUT2D eigenvalue weighted by atomic mass is 16.8. The lowest BCUT2D eigenvalue weighted by atomic mass is 9.85. The van der Waals surface area contributed by atoms with Crippen LogP contribution in [0.4, 0.5) is 0 Å². The van der Waals surface area contributed by atoms with Crippen LogP contribution >= 0.6 is 0 Å². The number of esters is 3. The van der Waals surface area contributed by atoms with Crippen LogP contribution in [0.2, 0.25) is 0 Å². The lowest BCUT2D eigenvalue weighted by molar-refractivity contribution is -0.347. The summed E-state index contributed by atoms with van der Waals surface area (Å²) in [6.07, 6.45) is -11.7. The van der Waals surface area contributed by atoms with Gasteiger partial charge in [-0.25, -0.2) is 4.79 Å². The van der Waals surface area contributed by atoms with Gasteiger partial charge in [0.1, 0.15) is 41.9 Å². The van der Waals surface area contributed by atoms with Gasteiger partial charge in [0.15, 0.2) is 30.9 Å². The number of hydrogen-bond acceptors (Lipinski definition) is 18. The Bertz CT molecular complexity index is 1530. The van der Waals surface area contributed by atoms with Crippen molar-refractivity contribution in [1.29, 1.82) is 0 Å². The van der Waals surface area contributed by atoms with Gasteiger partial charge < -0.3 is 72.9 Å². The van der Waals surface area contributed by atoms with E-state index in [1.165, 1.54) is 19.4 Å². The highest BCUT2D eigenvalue weighted by Gasteiger charge is 2.77. The number of ether oxygens (including phenoxy) is 10. The van der Waals surface area contributed by atoms with Gasteiger partial charge in [0.2, 0.25) is 6.29 Å². The van der Waals surface area contributed by atoms with Crippen molar-refractivity contribution >= 4 is 24.0 Å². The number of methoxy groups -OCH3 is 1. The number of rotatable bonds is 12. The summed E-state index contributed by atoms with van der Waals surface area (Å²) in [6.45, 7) is 2.66. The Balaban J connectivity index is 1.23. The summed E-state index contributed by atoms with van der Waals surface area (Å²) in [4.78, 5) is 37.8. The van der Waals surface area contributed by atoms with E-state index in [1.807, 2.05) is 0 Å². The zero-order valence-corrected chi connectivity index (χ0v) is 29.2. The third kappa shape index (κ3) is 7.79. The Morgan fingerprint density at radius 2 is 1.53 bits per heavy atom. The molecule has 3 saturated heterocycles. The summed E-state index contributed by atoms with van der Waals surface area (Å²) >= 11 is 0. The number of carbonyl (C=O) groups excluding carboxylic acids is 3. The molecular weight excluding hydrogens is 708 g/mol. The number of carbonyl (C=O) groups is 3. The molecule has 6 rings (SSSR count). The van der Waals surface area contributed by atoms with Crippen LogP contribution in [0, 0.1) is 11.8 Å². The predicted molar refractivity (Wildman–Crippen MR) is 173 cm³/mol. The zero-order valence-electron chi connectivity index (χ0n) is 29.2. The van der Waals surface area contributed by atoms with E-state index in [4.69, 9.17) is 47.4 Å². The second-order valence-corrected chi connectivity index (χ2v) is 13.4. The van der Waals surface area contributed by atoms with Crippen molar-refractivity contribution in [2.75, 3.05) is 20.3 Å². The fourth-order valence-electron chi connectivity index (χ4n) is 7.41. The van der Waals surface area contributed by atoms with Crippen LogP contribution in [-0.2, 0) is 57.0 Å². The minimum atomic E-state index is -1.73. The van der Waals surface area contributed by atoms with Gasteiger partial charge in [-0.2, -0.15) is 0 Å². The van der Waals surface area contributed by atoms with Gasteiger partial charge in [-0.1, -0.05) is 12.1 Å². The molecule has 0 bridgehead atoms. The van der Waals surface area contributed by atoms with E-state index >= 15 is 0 Å². The number of aliphatic hydroxyl groups excluding tert-OH is 5. The molecule has 5 aliphatic rings. The summed E-state index contributed by atoms with van der Waals surface area (Å²) in [5, 5.41) is 51.3. The third-order valence-corrected chi connectivity index (χ3v) is 10.0. The van der Waals surface area contributed by atoms with Gasteiger partial charge in [-0.15, -0.1) is 0 Å². The molecule has 1 aromatic rings. The van der Waals surface area contributed by atoms with Crippen molar-refractivity contribution in [1.82, 2.24) is 0 Å². The van der Waals surface area contributed by atoms with Crippen LogP contribution < -0.4 is 4.74 Å². The minimum Gasteiger partial charge on any atom is -0.497 e. The molecule has 1 aliphatic carbocycles. The van der Waals surface area contributed by atoms with Crippen molar-refractivity contribution in [3.63, 3.8) is 0 Å². The Morgan fingerprint density at radius 3 is 2.17 bits per heavy atom. The molecule has 53 heavy (non-hydrogen) atoms. The molecule has 4 heterocycles. The first-order chi connectivity index (χ1) is 25.3. The zero-order chi connectivity index (χ0) is 38.2. The molecule has 1 aromatic carbocycles. The van der Waals surface area contributed by atoms with E-state index in [9.17, 15) is 39.9 Å². The fourth-order valence-corrected chi connectivity index (χ4v) is 7.41. The molecule has 0 amide bonds. The van der Waals surface area contributed by atoms with Gasteiger partial charge >= 0.3 is 17.9 Å². The lowest BCUT2D eigenvalue weighted by Crippen LogP contribution is -2.62. The van der Waals surface area contributed by atoms with Crippen molar-refractivity contribution in [3.05, 3.63) is 48.2 Å². The van der Waals surface area contributed by atoms with E-state index in [2.05, 4.69) is 0 Å². The van der Waals surface area contributed by atoms with Crippen molar-refractivity contribution in [2.24, 2.45) is 11.8 Å². The molecule has 4 aliphatic heterocycles. The van der Waals surface area contributed by atoms with Crippen molar-refractivity contribution in [3.8, 4) is 5.75 Å². The monoisotopic (exact) mass is 752 g/mol. The standard InChI is InChI=1S/C35H44O18/c1-15-27(47-16(2)38)29(50-22(40)10-7-18-5-8-19(44-4)9-6-18)30(48-17(3)39)34(46-15)51-28-20-11-12-45-32(23(20)35(14-37)31(28)53-35)52-33-26(43)25(42)24(41)21(13-36)49-33/h5-12,15,20-21,23-34,36-37,41-43H,13-14H2,1-4H3/b10-7-/t15-,20-,21+,23+,24-,25-,26+,27-,28-,29+,30+,31-,32-,33-,34-,35+/m0/s1. The number of epoxide rings is 1. The maximum Gasteiger partial charge on any atom is 0.331 e. The summed E-state index contributed by atoms with van der Waals surface area (Å²) < 4.78 is 57.9. The predicted octanol–water partition coefficient (Wildman–Crippen LogP) is -1.32. The Hall–Kier alpha value is -3.69. The maximum absolute atomic E-state index is 13.2. The highest BCUT2D eigenvalue weighted by molar-refractivity contribution is 5.87. The molecule has 18 heteroatoms. The summed E-state index contributed by atoms with van der Waals surface area (Å²) in [5.41, 5.74) is -0.627. The normalized spacial score (nSPS) is 41.5. The largest absolute Gasteiger partial charge is 0.497 e. The van der Waals surface area contributed by atoms with Crippen LogP contribution in [0.5, 0.6) is 5.75 Å². The Kier molecular flexibility index (Phi) is 11.7. The van der Waals surface area contributed by atoms with Crippen LogP contribution in [0.15, 0.2) is 42.7 Å². The van der Waals surface area contributed by atoms with Gasteiger partial charge in [0.05, 0.1) is 44.7 Å². The first-order valence-corrected chi connectivity index (χ1v) is 17.1. The number of aliphatic hydroxyl groups is 5. The van der Waals surface area contributed by atoms with Crippen LogP contribution in [0.3, 0.4) is 0 Å². The molecule has 0 radical (unpaired) electrons. The average molecular weight is 753 g/mol. The van der Waals surface area contributed by atoms with Crippen LogP contribution in [0.25, 0.3) is 6.08 Å². The molecule has 292 valence electrons. The van der Waals surface area contributed by atoms with Gasteiger partial charge in [-0.05, 0) is 36.8 Å². The quantitative estimate of drug-likeness (QED) is 0.0719. The SMILES string of the molecule is COc1ccc(/C=C\C(=O)O[C@@H]2[C@@H](OC(C)=O)[C@H](C)O[C@@H](O[C@H]3[C@H]4C=CO[C@@H](O[C@@H]5O[C@H](CO)[C@H](O)[C@H](O)[C@H]5O)[C@@H]4[C@@]4(CO)O[C@@H]34)[C@@H]2OC(C)=O)cc1. The number of benzene rings is 1. The van der Waals surface area contributed by atoms with Gasteiger partial charge in [0.25, 0.3) is 0 Å². The summed E-state index contributed by atoms with van der Waals surface area (Å²) in [7, 11) is 1.53. The molecular formula is C35H44O18. The number of fused-ring (bicyclic) bond motifs is 3. The lowest BCUT2D eigenvalue weighted by Gasteiger charge is -2.45. The second-order valence-electron chi connectivity index (χ2n) is 13.4. The first-order valence-electron chi connectivity index (χ1n) is 17.1. The second kappa shape index (κ2) is 16.0. The van der Waals surface area contributed by atoms with Crippen molar-refractivity contribution in [2.45, 2.75) is 106 Å². The number of hydrogen-bond donors (Lipinski definition) is 5. The minimum absolute atomic E-state index is 0.519. The molecule has 4 fully saturated rings. The molecule has 0 aromatic heterocycles. The van der Waals surface area contributed by atoms with E-state index < -0.39 is 128 Å². The molecule has 1 saturated carbocycles. The average Bonchev–Trinajstić information content (AvgIpc) is 3.81. The Labute approximate surface area is 303 Å². The van der Waals surface area contributed by atoms with E-state index in [-0.39, 0.29) is 0 Å².